The van der Waals surface area contributed by atoms with E-state index in [1.54, 1.807) is 0 Å². The van der Waals surface area contributed by atoms with Crippen molar-refractivity contribution in [3.8, 4) is 0 Å². The van der Waals surface area contributed by atoms with Gasteiger partial charge in [-0.2, -0.15) is 0 Å². The van der Waals surface area contributed by atoms with E-state index in [0.29, 0.717) is 5.92 Å². The maximum absolute atomic E-state index is 14.1. The lowest BCUT2D eigenvalue weighted by atomic mass is 9.89. The lowest BCUT2D eigenvalue weighted by Gasteiger charge is -2.20. The van der Waals surface area contributed by atoms with Crippen molar-refractivity contribution < 1.29 is 4.39 Å². The van der Waals surface area contributed by atoms with Gasteiger partial charge in [0.15, 0.2) is 0 Å². The van der Waals surface area contributed by atoms with Crippen LogP contribution >= 0.6 is 0 Å². The first-order chi connectivity index (χ1) is 7.73. The van der Waals surface area contributed by atoms with E-state index in [1.807, 2.05) is 0 Å². The van der Waals surface area contributed by atoms with E-state index in [4.69, 9.17) is 0 Å². The third-order valence-electron chi connectivity index (χ3n) is 4.02. The molecule has 96 valence electrons. The fraction of sp³-hybridized carbons (Fsp3) is 1.00. The molecule has 1 rings (SSSR count). The molecule has 0 aromatic rings. The summed E-state index contributed by atoms with van der Waals surface area (Å²) in [5.74, 6) is 0.383. The molecule has 0 radical (unpaired) electrons. The Hall–Kier alpha value is -0.0700. The van der Waals surface area contributed by atoms with E-state index in [2.05, 4.69) is 13.8 Å². The highest BCUT2D eigenvalue weighted by molar-refractivity contribution is 4.99. The molecular weight excluding hydrogens is 199 g/mol. The third-order valence-corrected chi connectivity index (χ3v) is 4.02. The Morgan fingerprint density at radius 3 is 2.00 bits per heavy atom. The van der Waals surface area contributed by atoms with Crippen molar-refractivity contribution in [2.24, 2.45) is 5.92 Å². The van der Waals surface area contributed by atoms with Gasteiger partial charge in [0.2, 0.25) is 0 Å². The lowest BCUT2D eigenvalue weighted by molar-refractivity contribution is 0.175. The van der Waals surface area contributed by atoms with Crippen LogP contribution in [0.25, 0.3) is 0 Å². The fourth-order valence-electron chi connectivity index (χ4n) is 2.63. The lowest BCUT2D eigenvalue weighted by Crippen LogP contribution is -2.17. The van der Waals surface area contributed by atoms with Gasteiger partial charge < -0.3 is 0 Å². The van der Waals surface area contributed by atoms with Gasteiger partial charge in [-0.25, -0.2) is 4.39 Å². The highest BCUT2D eigenvalue weighted by Crippen LogP contribution is 2.50. The van der Waals surface area contributed by atoms with Crippen molar-refractivity contribution >= 4 is 0 Å². The van der Waals surface area contributed by atoms with Gasteiger partial charge in [0, 0.05) is 0 Å². The van der Waals surface area contributed by atoms with Gasteiger partial charge in [-0.15, -0.1) is 0 Å². The average Bonchev–Trinajstić information content (AvgIpc) is 3.01. The molecule has 0 amide bonds. The number of rotatable bonds is 10. The molecule has 1 unspecified atom stereocenters. The zero-order chi connectivity index (χ0) is 11.9. The Morgan fingerprint density at radius 1 is 0.875 bits per heavy atom. The minimum Gasteiger partial charge on any atom is -0.244 e. The second-order valence-electron chi connectivity index (χ2n) is 5.58. The molecule has 1 atom stereocenters. The molecule has 0 nitrogen and oxygen atoms in total. The summed E-state index contributed by atoms with van der Waals surface area (Å²) >= 11 is 0. The maximum atomic E-state index is 14.1. The molecule has 0 bridgehead atoms. The summed E-state index contributed by atoms with van der Waals surface area (Å²) in [5.41, 5.74) is -0.736. The molecule has 1 fully saturated rings. The largest absolute Gasteiger partial charge is 0.244 e. The number of hydrogen-bond acceptors (Lipinski definition) is 0. The minimum atomic E-state index is -0.736. The Morgan fingerprint density at radius 2 is 1.44 bits per heavy atom. The van der Waals surface area contributed by atoms with Gasteiger partial charge in [0.25, 0.3) is 0 Å². The van der Waals surface area contributed by atoms with Crippen molar-refractivity contribution in [3.63, 3.8) is 0 Å². The Balaban J connectivity index is 2.12. The van der Waals surface area contributed by atoms with Gasteiger partial charge in [-0.1, -0.05) is 58.8 Å². The van der Waals surface area contributed by atoms with Crippen LogP contribution in [0.15, 0.2) is 0 Å². The monoisotopic (exact) mass is 228 g/mol. The molecule has 1 aliphatic carbocycles. The first-order valence-electron chi connectivity index (χ1n) is 7.42. The van der Waals surface area contributed by atoms with Crippen molar-refractivity contribution in [1.82, 2.24) is 0 Å². The van der Waals surface area contributed by atoms with Crippen LogP contribution < -0.4 is 0 Å². The van der Waals surface area contributed by atoms with Crippen LogP contribution in [0.5, 0.6) is 0 Å². The number of unbranched alkanes of at least 4 members (excludes halogenated alkanes) is 5. The first kappa shape index (κ1) is 14.0. The topological polar surface area (TPSA) is 0 Å². The molecule has 0 aliphatic heterocycles. The van der Waals surface area contributed by atoms with E-state index < -0.39 is 5.67 Å². The molecule has 0 spiro atoms. The number of alkyl halides is 1. The van der Waals surface area contributed by atoms with Crippen LogP contribution in [0.3, 0.4) is 0 Å². The molecule has 16 heavy (non-hydrogen) atoms. The predicted molar refractivity (Wildman–Crippen MR) is 69.5 cm³/mol. The van der Waals surface area contributed by atoms with Crippen molar-refractivity contribution in [3.05, 3.63) is 0 Å². The Bertz CT molecular complexity index is 172. The molecule has 1 saturated carbocycles. The van der Waals surface area contributed by atoms with Crippen molar-refractivity contribution in [2.45, 2.75) is 90.1 Å². The van der Waals surface area contributed by atoms with Gasteiger partial charge in [-0.3, -0.25) is 0 Å². The molecule has 0 aromatic heterocycles. The van der Waals surface area contributed by atoms with Gasteiger partial charge >= 0.3 is 0 Å². The molecule has 0 aromatic carbocycles. The standard InChI is InChI=1S/C15H29F/c1-3-5-7-8-9-11-14(10-6-4-2)15(16)12-13-15/h14H,3-13H2,1-2H3. The summed E-state index contributed by atoms with van der Waals surface area (Å²) in [5, 5.41) is 0. The molecule has 0 heterocycles. The zero-order valence-corrected chi connectivity index (χ0v) is 11.2. The van der Waals surface area contributed by atoms with E-state index in [1.165, 1.54) is 44.9 Å². The van der Waals surface area contributed by atoms with Crippen molar-refractivity contribution in [2.75, 3.05) is 0 Å². The molecule has 1 aliphatic rings. The predicted octanol–water partition coefficient (Wildman–Crippen LogP) is 5.66. The summed E-state index contributed by atoms with van der Waals surface area (Å²) in [6.07, 6.45) is 12.9. The van der Waals surface area contributed by atoms with E-state index in [0.717, 1.165) is 25.7 Å². The smallest absolute Gasteiger partial charge is 0.114 e. The summed E-state index contributed by atoms with van der Waals surface area (Å²) in [7, 11) is 0. The summed E-state index contributed by atoms with van der Waals surface area (Å²) in [6.45, 7) is 4.45. The van der Waals surface area contributed by atoms with Crippen LogP contribution in [-0.2, 0) is 0 Å². The normalized spacial score (nSPS) is 19.7. The number of halogens is 1. The first-order valence-corrected chi connectivity index (χ1v) is 7.42. The van der Waals surface area contributed by atoms with E-state index in [-0.39, 0.29) is 0 Å². The minimum absolute atomic E-state index is 0.383. The van der Waals surface area contributed by atoms with Crippen LogP contribution in [0.4, 0.5) is 4.39 Å². The molecule has 1 heteroatoms. The number of hydrogen-bond donors (Lipinski definition) is 0. The molecule has 0 N–H and O–H groups in total. The van der Waals surface area contributed by atoms with E-state index >= 15 is 0 Å². The fourth-order valence-corrected chi connectivity index (χ4v) is 2.63. The van der Waals surface area contributed by atoms with Gasteiger partial charge in [-0.05, 0) is 31.6 Å². The molecular formula is C15H29F. The van der Waals surface area contributed by atoms with Crippen molar-refractivity contribution in [1.29, 1.82) is 0 Å². The van der Waals surface area contributed by atoms with E-state index in [9.17, 15) is 4.39 Å². The zero-order valence-electron chi connectivity index (χ0n) is 11.2. The second-order valence-corrected chi connectivity index (χ2v) is 5.58. The summed E-state index contributed by atoms with van der Waals surface area (Å²) in [4.78, 5) is 0. The Labute approximate surface area is 101 Å². The maximum Gasteiger partial charge on any atom is 0.114 e. The van der Waals surface area contributed by atoms with Crippen LogP contribution in [0.2, 0.25) is 0 Å². The Kier molecular flexibility index (Phi) is 6.38. The second kappa shape index (κ2) is 7.29. The highest BCUT2D eigenvalue weighted by Gasteiger charge is 2.48. The third kappa shape index (κ3) is 4.84. The SMILES string of the molecule is CCCCCCCC(CCCC)C1(F)CC1. The van der Waals surface area contributed by atoms with Gasteiger partial charge in [0.1, 0.15) is 5.67 Å². The van der Waals surface area contributed by atoms with Crippen LogP contribution in [-0.4, -0.2) is 5.67 Å². The summed E-state index contributed by atoms with van der Waals surface area (Å²) < 4.78 is 14.1. The van der Waals surface area contributed by atoms with Crippen LogP contribution in [0.1, 0.15) is 84.5 Å². The van der Waals surface area contributed by atoms with Gasteiger partial charge in [0.05, 0.1) is 0 Å². The summed E-state index contributed by atoms with van der Waals surface area (Å²) in [6, 6.07) is 0. The average molecular weight is 228 g/mol. The quantitative estimate of drug-likeness (QED) is 0.423. The van der Waals surface area contributed by atoms with Crippen LogP contribution in [0, 0.1) is 5.92 Å². The highest BCUT2D eigenvalue weighted by atomic mass is 19.1. The molecule has 0 saturated heterocycles.